The molecule has 3 nitrogen and oxygen atoms in total. The summed E-state index contributed by atoms with van der Waals surface area (Å²) in [6.45, 7) is 5.65. The first kappa shape index (κ1) is 12.8. The standard InChI is InChI=1S/C16H22O3/c1-15(2)6-3-7-16(17,11-15)12-4-5-13-14(10-12)19-9-8-18-13/h4-5,10,17H,3,6-9,11H2,1-2H3. The van der Waals surface area contributed by atoms with E-state index < -0.39 is 5.60 Å². The number of benzene rings is 1. The Bertz CT molecular complexity index is 481. The number of aliphatic hydroxyl groups is 1. The van der Waals surface area contributed by atoms with Gasteiger partial charge < -0.3 is 14.6 Å². The highest BCUT2D eigenvalue weighted by atomic mass is 16.6. The number of hydrogen-bond donors (Lipinski definition) is 1. The molecule has 104 valence electrons. The molecule has 1 aromatic carbocycles. The van der Waals surface area contributed by atoms with Crippen molar-refractivity contribution in [2.45, 2.75) is 45.1 Å². The molecule has 1 saturated carbocycles. The van der Waals surface area contributed by atoms with Gasteiger partial charge in [0, 0.05) is 0 Å². The molecule has 0 saturated heterocycles. The van der Waals surface area contributed by atoms with Gasteiger partial charge in [0.1, 0.15) is 13.2 Å². The summed E-state index contributed by atoms with van der Waals surface area (Å²) in [6, 6.07) is 5.86. The second-order valence-corrected chi connectivity index (χ2v) is 6.58. The summed E-state index contributed by atoms with van der Waals surface area (Å²) in [6.07, 6.45) is 3.88. The molecule has 1 atom stereocenters. The van der Waals surface area contributed by atoms with Gasteiger partial charge in [0.25, 0.3) is 0 Å². The van der Waals surface area contributed by atoms with E-state index in [4.69, 9.17) is 9.47 Å². The summed E-state index contributed by atoms with van der Waals surface area (Å²) in [5.74, 6) is 1.55. The number of rotatable bonds is 1. The lowest BCUT2D eigenvalue weighted by Gasteiger charge is -2.42. The first-order valence-electron chi connectivity index (χ1n) is 7.11. The van der Waals surface area contributed by atoms with Crippen LogP contribution in [0.2, 0.25) is 0 Å². The fraction of sp³-hybridized carbons (Fsp3) is 0.625. The Morgan fingerprint density at radius 1 is 1.05 bits per heavy atom. The van der Waals surface area contributed by atoms with E-state index in [9.17, 15) is 5.11 Å². The first-order chi connectivity index (χ1) is 8.99. The van der Waals surface area contributed by atoms with Gasteiger partial charge in [-0.1, -0.05) is 19.9 Å². The van der Waals surface area contributed by atoms with Gasteiger partial charge in [0.15, 0.2) is 11.5 Å². The predicted octanol–water partition coefficient (Wildman–Crippen LogP) is 3.25. The van der Waals surface area contributed by atoms with Crippen molar-refractivity contribution in [1.82, 2.24) is 0 Å². The minimum absolute atomic E-state index is 0.195. The molecule has 0 aromatic heterocycles. The highest BCUT2D eigenvalue weighted by Gasteiger charge is 2.40. The topological polar surface area (TPSA) is 38.7 Å². The lowest BCUT2D eigenvalue weighted by Crippen LogP contribution is -2.36. The molecule has 19 heavy (non-hydrogen) atoms. The van der Waals surface area contributed by atoms with Crippen LogP contribution >= 0.6 is 0 Å². The largest absolute Gasteiger partial charge is 0.486 e. The molecule has 0 amide bonds. The highest BCUT2D eigenvalue weighted by Crippen LogP contribution is 2.47. The van der Waals surface area contributed by atoms with Crippen LogP contribution in [0.1, 0.15) is 45.1 Å². The summed E-state index contributed by atoms with van der Waals surface area (Å²) in [7, 11) is 0. The average molecular weight is 262 g/mol. The third-order valence-electron chi connectivity index (χ3n) is 4.29. The third kappa shape index (κ3) is 2.44. The molecule has 3 heteroatoms. The Morgan fingerprint density at radius 3 is 2.53 bits per heavy atom. The van der Waals surface area contributed by atoms with Crippen LogP contribution in [0, 0.1) is 5.41 Å². The zero-order valence-corrected chi connectivity index (χ0v) is 11.7. The lowest BCUT2D eigenvalue weighted by molar-refractivity contribution is -0.0443. The van der Waals surface area contributed by atoms with Crippen molar-refractivity contribution >= 4 is 0 Å². The molecule has 1 heterocycles. The van der Waals surface area contributed by atoms with Gasteiger partial charge in [0.05, 0.1) is 5.60 Å². The maximum atomic E-state index is 11.0. The van der Waals surface area contributed by atoms with Gasteiger partial charge in [-0.15, -0.1) is 0 Å². The fourth-order valence-electron chi connectivity index (χ4n) is 3.41. The molecule has 0 radical (unpaired) electrons. The molecule has 1 fully saturated rings. The maximum absolute atomic E-state index is 11.0. The van der Waals surface area contributed by atoms with Crippen molar-refractivity contribution in [2.24, 2.45) is 5.41 Å². The van der Waals surface area contributed by atoms with Crippen LogP contribution in [0.3, 0.4) is 0 Å². The molecular formula is C16H22O3. The molecule has 1 aliphatic carbocycles. The van der Waals surface area contributed by atoms with E-state index in [0.717, 1.165) is 36.3 Å². The smallest absolute Gasteiger partial charge is 0.161 e. The second-order valence-electron chi connectivity index (χ2n) is 6.58. The zero-order valence-electron chi connectivity index (χ0n) is 11.7. The predicted molar refractivity (Wildman–Crippen MR) is 73.6 cm³/mol. The Labute approximate surface area is 114 Å². The highest BCUT2D eigenvalue weighted by molar-refractivity contribution is 5.45. The molecule has 1 N–H and O–H groups in total. The minimum atomic E-state index is -0.725. The van der Waals surface area contributed by atoms with E-state index in [1.807, 2.05) is 18.2 Å². The summed E-state index contributed by atoms with van der Waals surface area (Å²) < 4.78 is 11.1. The maximum Gasteiger partial charge on any atom is 0.161 e. The van der Waals surface area contributed by atoms with Crippen LogP contribution in [0.5, 0.6) is 11.5 Å². The lowest BCUT2D eigenvalue weighted by atomic mass is 9.67. The van der Waals surface area contributed by atoms with Crippen LogP contribution in [0.15, 0.2) is 18.2 Å². The van der Waals surface area contributed by atoms with Crippen molar-refractivity contribution in [3.05, 3.63) is 23.8 Å². The molecule has 2 aliphatic rings. The van der Waals surface area contributed by atoms with Crippen molar-refractivity contribution in [2.75, 3.05) is 13.2 Å². The molecular weight excluding hydrogens is 240 g/mol. The average Bonchev–Trinajstić information content (AvgIpc) is 2.36. The first-order valence-corrected chi connectivity index (χ1v) is 7.11. The van der Waals surface area contributed by atoms with Crippen LogP contribution in [-0.4, -0.2) is 18.3 Å². The number of ether oxygens (including phenoxy) is 2. The Hall–Kier alpha value is -1.22. The van der Waals surface area contributed by atoms with Gasteiger partial charge in [-0.25, -0.2) is 0 Å². The van der Waals surface area contributed by atoms with E-state index in [-0.39, 0.29) is 5.41 Å². The SMILES string of the molecule is CC1(C)CCCC(O)(c2ccc3c(c2)OCCO3)C1. The number of hydrogen-bond acceptors (Lipinski definition) is 3. The van der Waals surface area contributed by atoms with Gasteiger partial charge >= 0.3 is 0 Å². The van der Waals surface area contributed by atoms with Crippen molar-refractivity contribution in [3.63, 3.8) is 0 Å². The summed E-state index contributed by atoms with van der Waals surface area (Å²) in [5.41, 5.74) is 0.433. The van der Waals surface area contributed by atoms with Crippen molar-refractivity contribution < 1.29 is 14.6 Å². The van der Waals surface area contributed by atoms with Crippen LogP contribution in [-0.2, 0) is 5.60 Å². The molecule has 0 spiro atoms. The van der Waals surface area contributed by atoms with E-state index in [1.54, 1.807) is 0 Å². The van der Waals surface area contributed by atoms with E-state index in [2.05, 4.69) is 13.8 Å². The molecule has 3 rings (SSSR count). The Balaban J connectivity index is 1.92. The normalized spacial score (nSPS) is 29.0. The van der Waals surface area contributed by atoms with Crippen LogP contribution in [0.4, 0.5) is 0 Å². The third-order valence-corrected chi connectivity index (χ3v) is 4.29. The van der Waals surface area contributed by atoms with Crippen molar-refractivity contribution in [3.8, 4) is 11.5 Å². The van der Waals surface area contributed by atoms with Crippen LogP contribution in [0.25, 0.3) is 0 Å². The van der Waals surface area contributed by atoms with Gasteiger partial charge in [0.2, 0.25) is 0 Å². The molecule has 1 aromatic rings. The van der Waals surface area contributed by atoms with E-state index >= 15 is 0 Å². The van der Waals surface area contributed by atoms with Gasteiger partial charge in [-0.2, -0.15) is 0 Å². The number of fused-ring (bicyclic) bond motifs is 1. The molecule has 0 bridgehead atoms. The van der Waals surface area contributed by atoms with E-state index in [1.165, 1.54) is 6.42 Å². The minimum Gasteiger partial charge on any atom is -0.486 e. The fourth-order valence-corrected chi connectivity index (χ4v) is 3.41. The van der Waals surface area contributed by atoms with Crippen LogP contribution < -0.4 is 9.47 Å². The molecule has 1 aliphatic heterocycles. The summed E-state index contributed by atoms with van der Waals surface area (Å²) in [4.78, 5) is 0. The molecule has 1 unspecified atom stereocenters. The van der Waals surface area contributed by atoms with E-state index in [0.29, 0.717) is 13.2 Å². The monoisotopic (exact) mass is 262 g/mol. The van der Waals surface area contributed by atoms with Gasteiger partial charge in [-0.05, 0) is 48.8 Å². The Kier molecular flexibility index (Phi) is 2.97. The Morgan fingerprint density at radius 2 is 1.79 bits per heavy atom. The summed E-state index contributed by atoms with van der Waals surface area (Å²) in [5, 5.41) is 11.0. The second kappa shape index (κ2) is 4.41. The quantitative estimate of drug-likeness (QED) is 0.844. The van der Waals surface area contributed by atoms with Crippen molar-refractivity contribution in [1.29, 1.82) is 0 Å². The van der Waals surface area contributed by atoms with Gasteiger partial charge in [-0.3, -0.25) is 0 Å². The summed E-state index contributed by atoms with van der Waals surface area (Å²) >= 11 is 0. The zero-order chi connectivity index (χ0) is 13.5.